The van der Waals surface area contributed by atoms with Crippen molar-refractivity contribution in [1.29, 1.82) is 0 Å². The van der Waals surface area contributed by atoms with Gasteiger partial charge in [-0.2, -0.15) is 5.10 Å². The maximum Gasteiger partial charge on any atom is 0.264 e. The van der Waals surface area contributed by atoms with E-state index in [-0.39, 0.29) is 11.6 Å². The Morgan fingerprint density at radius 1 is 1.13 bits per heavy atom. The molecule has 0 fully saturated rings. The number of para-hydroxylation sites is 1. The second kappa shape index (κ2) is 8.37. The van der Waals surface area contributed by atoms with Crippen molar-refractivity contribution in [1.82, 2.24) is 19.7 Å². The number of benzene rings is 2. The number of pyridine rings is 1. The molecule has 0 bridgehead atoms. The molecule has 2 heterocycles. The molecule has 0 radical (unpaired) electrons. The van der Waals surface area contributed by atoms with Crippen LogP contribution in [-0.4, -0.2) is 14.3 Å². The maximum atomic E-state index is 13.8. The van der Waals surface area contributed by atoms with Crippen molar-refractivity contribution >= 4 is 10.8 Å². The van der Waals surface area contributed by atoms with E-state index >= 15 is 0 Å². The first-order valence-electron chi connectivity index (χ1n) is 10.1. The van der Waals surface area contributed by atoms with Gasteiger partial charge in [-0.05, 0) is 43.5 Å². The minimum absolute atomic E-state index is 0.0925. The average Bonchev–Trinajstić information content (AvgIpc) is 3.17. The molecule has 5 nitrogen and oxygen atoms in total. The Hall–Kier alpha value is -4.04. The monoisotopic (exact) mass is 408 g/mol. The van der Waals surface area contributed by atoms with Gasteiger partial charge in [0.2, 0.25) is 0 Å². The number of hydrogen-bond donors (Lipinski definition) is 1. The van der Waals surface area contributed by atoms with Crippen LogP contribution in [0.1, 0.15) is 36.7 Å². The van der Waals surface area contributed by atoms with E-state index in [4.69, 9.17) is 0 Å². The van der Waals surface area contributed by atoms with E-state index in [0.717, 1.165) is 28.0 Å². The number of nitrogens with one attached hydrogen (secondary N) is 1. The smallest absolute Gasteiger partial charge is 0.264 e. The molecule has 2 aromatic carbocycles. The molecule has 1 atom stereocenters. The van der Waals surface area contributed by atoms with Gasteiger partial charge in [-0.3, -0.25) is 14.0 Å². The molecule has 31 heavy (non-hydrogen) atoms. The molecule has 0 unspecified atom stereocenters. The van der Waals surface area contributed by atoms with Crippen molar-refractivity contribution in [3.05, 3.63) is 106 Å². The summed E-state index contributed by atoms with van der Waals surface area (Å²) in [6, 6.07) is 17.4. The van der Waals surface area contributed by atoms with E-state index in [1.54, 1.807) is 15.4 Å². The van der Waals surface area contributed by atoms with E-state index < -0.39 is 0 Å². The van der Waals surface area contributed by atoms with Crippen LogP contribution in [0, 0.1) is 11.8 Å². The van der Waals surface area contributed by atoms with E-state index in [0.29, 0.717) is 10.9 Å². The first kappa shape index (κ1) is 20.2. The van der Waals surface area contributed by atoms with Crippen LogP contribution in [0.15, 0.2) is 84.1 Å². The molecule has 4 aromatic rings. The summed E-state index contributed by atoms with van der Waals surface area (Å²) in [4.78, 5) is 13.8. The summed E-state index contributed by atoms with van der Waals surface area (Å²) >= 11 is 0. The standard InChI is InChI=1S/C26H24N4O/c1-18(2)28-19(3)24-15-22-10-8-9-21(14-13-20-16-27-29(4)17-20)25(22)26(31)30(24)23-11-6-5-7-12-23/h5-12,15-17,19,28H,1H2,2-4H3/t19-/m0/s1. The molecule has 0 saturated carbocycles. The molecular weight excluding hydrogens is 384 g/mol. The summed E-state index contributed by atoms with van der Waals surface area (Å²) in [6.07, 6.45) is 3.56. The molecule has 0 saturated heterocycles. The van der Waals surface area contributed by atoms with Gasteiger partial charge in [-0.25, -0.2) is 0 Å². The highest BCUT2D eigenvalue weighted by Crippen LogP contribution is 2.23. The third kappa shape index (κ3) is 4.15. The summed E-state index contributed by atoms with van der Waals surface area (Å²) in [5.74, 6) is 6.29. The second-order valence-corrected chi connectivity index (χ2v) is 7.61. The molecule has 2 aromatic heterocycles. The van der Waals surface area contributed by atoms with Crippen LogP contribution in [0.5, 0.6) is 0 Å². The number of aromatic nitrogens is 3. The highest BCUT2D eigenvalue weighted by Gasteiger charge is 2.17. The van der Waals surface area contributed by atoms with Gasteiger partial charge in [0.25, 0.3) is 5.56 Å². The highest BCUT2D eigenvalue weighted by atomic mass is 16.1. The number of allylic oxidation sites excluding steroid dienone is 1. The molecule has 0 aliphatic heterocycles. The van der Waals surface area contributed by atoms with Crippen LogP contribution in [0.25, 0.3) is 16.5 Å². The van der Waals surface area contributed by atoms with Gasteiger partial charge in [0.1, 0.15) is 0 Å². The van der Waals surface area contributed by atoms with Crippen molar-refractivity contribution in [3.63, 3.8) is 0 Å². The minimum Gasteiger partial charge on any atom is -0.381 e. The van der Waals surface area contributed by atoms with Gasteiger partial charge in [0.15, 0.2) is 0 Å². The average molecular weight is 409 g/mol. The zero-order valence-electron chi connectivity index (χ0n) is 17.9. The predicted molar refractivity (Wildman–Crippen MR) is 125 cm³/mol. The lowest BCUT2D eigenvalue weighted by Crippen LogP contribution is -2.28. The summed E-state index contributed by atoms with van der Waals surface area (Å²) in [6.45, 7) is 7.89. The molecular formula is C26H24N4O. The minimum atomic E-state index is -0.0973. The molecule has 0 amide bonds. The molecule has 1 N–H and O–H groups in total. The lowest BCUT2D eigenvalue weighted by Gasteiger charge is -2.22. The number of rotatable bonds is 4. The van der Waals surface area contributed by atoms with Gasteiger partial charge >= 0.3 is 0 Å². The topological polar surface area (TPSA) is 51.9 Å². The summed E-state index contributed by atoms with van der Waals surface area (Å²) in [5.41, 5.74) is 3.93. The van der Waals surface area contributed by atoms with Crippen molar-refractivity contribution in [2.24, 2.45) is 7.05 Å². The third-order valence-corrected chi connectivity index (χ3v) is 5.04. The quantitative estimate of drug-likeness (QED) is 0.512. The summed E-state index contributed by atoms with van der Waals surface area (Å²) < 4.78 is 3.47. The van der Waals surface area contributed by atoms with Crippen LogP contribution in [0.2, 0.25) is 0 Å². The highest BCUT2D eigenvalue weighted by molar-refractivity contribution is 5.88. The molecule has 5 heteroatoms. The predicted octanol–water partition coefficient (Wildman–Crippen LogP) is 4.31. The second-order valence-electron chi connectivity index (χ2n) is 7.61. The first-order valence-corrected chi connectivity index (χ1v) is 10.1. The van der Waals surface area contributed by atoms with Crippen LogP contribution >= 0.6 is 0 Å². The number of nitrogens with zero attached hydrogens (tertiary/aromatic N) is 3. The zero-order chi connectivity index (χ0) is 22.0. The molecule has 4 rings (SSSR count). The van der Waals surface area contributed by atoms with Crippen LogP contribution < -0.4 is 10.9 Å². The first-order chi connectivity index (χ1) is 14.9. The Kier molecular flexibility index (Phi) is 5.46. The molecule has 0 spiro atoms. The Morgan fingerprint density at radius 2 is 1.90 bits per heavy atom. The van der Waals surface area contributed by atoms with E-state index in [1.807, 2.05) is 75.6 Å². The van der Waals surface area contributed by atoms with Gasteiger partial charge in [0, 0.05) is 35.9 Å². The summed E-state index contributed by atoms with van der Waals surface area (Å²) in [7, 11) is 1.85. The fourth-order valence-electron chi connectivity index (χ4n) is 3.72. The largest absolute Gasteiger partial charge is 0.381 e. The lowest BCUT2D eigenvalue weighted by atomic mass is 10.0. The van der Waals surface area contributed by atoms with E-state index in [9.17, 15) is 4.79 Å². The third-order valence-electron chi connectivity index (χ3n) is 5.04. The van der Waals surface area contributed by atoms with Gasteiger partial charge in [0.05, 0.1) is 23.2 Å². The van der Waals surface area contributed by atoms with Crippen LogP contribution in [0.4, 0.5) is 0 Å². The van der Waals surface area contributed by atoms with Crippen LogP contribution in [-0.2, 0) is 7.05 Å². The maximum absolute atomic E-state index is 13.8. The van der Waals surface area contributed by atoms with Crippen molar-refractivity contribution in [2.75, 3.05) is 0 Å². The van der Waals surface area contributed by atoms with Crippen molar-refractivity contribution in [2.45, 2.75) is 19.9 Å². The normalized spacial score (nSPS) is 11.6. The summed E-state index contributed by atoms with van der Waals surface area (Å²) in [5, 5.41) is 8.95. The Bertz CT molecular complexity index is 1380. The Morgan fingerprint density at radius 3 is 2.58 bits per heavy atom. The van der Waals surface area contributed by atoms with Crippen molar-refractivity contribution in [3.8, 4) is 17.5 Å². The lowest BCUT2D eigenvalue weighted by molar-refractivity contribution is 0.616. The Labute approximate surface area is 181 Å². The van der Waals surface area contributed by atoms with E-state index in [2.05, 4.69) is 34.9 Å². The number of aryl methyl sites for hydroxylation is 1. The number of hydrogen-bond acceptors (Lipinski definition) is 3. The van der Waals surface area contributed by atoms with E-state index in [1.165, 1.54) is 0 Å². The SMILES string of the molecule is C=C(C)N[C@@H](C)c1cc2cccc(C#Cc3cnn(C)c3)c2c(=O)n1-c1ccccc1. The van der Waals surface area contributed by atoms with Crippen molar-refractivity contribution < 1.29 is 0 Å². The fraction of sp³-hybridized carbons (Fsp3) is 0.154. The van der Waals surface area contributed by atoms with Crippen LogP contribution in [0.3, 0.4) is 0 Å². The van der Waals surface area contributed by atoms with Gasteiger partial charge in [-0.1, -0.05) is 48.8 Å². The number of fused-ring (bicyclic) bond motifs is 1. The Balaban J connectivity index is 1.98. The fourth-order valence-corrected chi connectivity index (χ4v) is 3.72. The van der Waals surface area contributed by atoms with Gasteiger partial charge < -0.3 is 5.32 Å². The molecule has 0 aliphatic rings. The molecule has 0 aliphatic carbocycles. The zero-order valence-corrected chi connectivity index (χ0v) is 17.9. The molecule has 154 valence electrons. The van der Waals surface area contributed by atoms with Gasteiger partial charge in [-0.15, -0.1) is 0 Å².